The molecule has 0 saturated heterocycles. The molecule has 1 unspecified atom stereocenters. The molecule has 5 rings (SSSR count). The van der Waals surface area contributed by atoms with Crippen LogP contribution in [0.25, 0.3) is 22.4 Å². The van der Waals surface area contributed by atoms with Crippen LogP contribution in [0.4, 0.5) is 19.0 Å². The fourth-order valence-electron chi connectivity index (χ4n) is 3.75. The fourth-order valence-corrected chi connectivity index (χ4v) is 3.75. The molecule has 0 radical (unpaired) electrons. The van der Waals surface area contributed by atoms with Gasteiger partial charge in [0.1, 0.15) is 18.4 Å². The lowest BCUT2D eigenvalue weighted by Crippen LogP contribution is -2.40. The number of alkyl halides is 3. The lowest BCUT2D eigenvalue weighted by Gasteiger charge is -2.15. The SMILES string of the molecule is [2H]C([2H])([2H])n1c(=O)n(Cc2nc(C)no2)c(=O)c2c1ncn2C(C)C(=O)Nc1cccc(-c2cnc(C(F)(F)F)nc2)n1. The van der Waals surface area contributed by atoms with E-state index in [-0.39, 0.29) is 34.3 Å². The molecule has 206 valence electrons. The molecular weight excluding hydrogens is 537 g/mol. The van der Waals surface area contributed by atoms with Crippen molar-refractivity contribution >= 4 is 22.9 Å². The predicted octanol–water partition coefficient (Wildman–Crippen LogP) is 1.71. The number of aryl methyl sites for hydroxylation is 2. The van der Waals surface area contributed by atoms with Crippen molar-refractivity contribution in [2.75, 3.05) is 5.32 Å². The molecular formula is C23H19F3N10O4. The normalized spacial score (nSPS) is 14.0. The van der Waals surface area contributed by atoms with Gasteiger partial charge in [-0.15, -0.1) is 0 Å². The number of fused-ring (bicyclic) bond motifs is 1. The number of pyridine rings is 1. The Labute approximate surface area is 225 Å². The number of halogens is 3. The highest BCUT2D eigenvalue weighted by Gasteiger charge is 2.34. The van der Waals surface area contributed by atoms with E-state index in [1.165, 1.54) is 32.0 Å². The molecule has 0 fully saturated rings. The van der Waals surface area contributed by atoms with Crippen molar-refractivity contribution in [2.24, 2.45) is 6.98 Å². The third-order valence-electron chi connectivity index (χ3n) is 5.72. The van der Waals surface area contributed by atoms with E-state index < -0.39 is 54.4 Å². The van der Waals surface area contributed by atoms with Gasteiger partial charge in [0.05, 0.1) is 12.0 Å². The van der Waals surface area contributed by atoms with Gasteiger partial charge in [0.25, 0.3) is 5.56 Å². The minimum Gasteiger partial charge on any atom is -0.337 e. The molecule has 14 nitrogen and oxygen atoms in total. The number of amides is 1. The average Bonchev–Trinajstić information content (AvgIpc) is 3.55. The molecule has 40 heavy (non-hydrogen) atoms. The molecule has 0 saturated carbocycles. The Balaban J connectivity index is 1.49. The van der Waals surface area contributed by atoms with E-state index >= 15 is 0 Å². The van der Waals surface area contributed by atoms with Gasteiger partial charge in [-0.2, -0.15) is 18.2 Å². The van der Waals surface area contributed by atoms with E-state index in [9.17, 15) is 27.6 Å². The lowest BCUT2D eigenvalue weighted by molar-refractivity contribution is -0.145. The largest absolute Gasteiger partial charge is 0.451 e. The van der Waals surface area contributed by atoms with Gasteiger partial charge in [-0.05, 0) is 26.0 Å². The van der Waals surface area contributed by atoms with E-state index in [1.54, 1.807) is 0 Å². The molecule has 0 aromatic carbocycles. The number of nitrogens with zero attached hydrogens (tertiary/aromatic N) is 9. The summed E-state index contributed by atoms with van der Waals surface area (Å²) in [6.07, 6.45) is -1.80. The first kappa shape index (κ1) is 22.7. The zero-order valence-electron chi connectivity index (χ0n) is 23.5. The second-order valence-electron chi connectivity index (χ2n) is 8.44. The minimum atomic E-state index is -4.72. The minimum absolute atomic E-state index is 0.00208. The zero-order valence-corrected chi connectivity index (χ0v) is 20.5. The van der Waals surface area contributed by atoms with Crippen LogP contribution in [0.1, 0.15) is 34.6 Å². The molecule has 17 heteroatoms. The highest BCUT2D eigenvalue weighted by atomic mass is 19.4. The number of aromatic nitrogens is 9. The van der Waals surface area contributed by atoms with Gasteiger partial charge in [-0.1, -0.05) is 11.2 Å². The summed E-state index contributed by atoms with van der Waals surface area (Å²) in [5.74, 6) is -1.95. The Bertz CT molecular complexity index is 1960. The molecule has 5 aromatic heterocycles. The van der Waals surface area contributed by atoms with Crippen LogP contribution >= 0.6 is 0 Å². The van der Waals surface area contributed by atoms with Gasteiger partial charge < -0.3 is 14.4 Å². The molecule has 1 amide bonds. The number of carbonyl (C=O) groups is 1. The molecule has 1 atom stereocenters. The molecule has 0 aliphatic rings. The highest BCUT2D eigenvalue weighted by Crippen LogP contribution is 2.27. The number of imidazole rings is 1. The molecule has 1 N–H and O–H groups in total. The van der Waals surface area contributed by atoms with Gasteiger partial charge in [0.2, 0.25) is 17.6 Å². The second kappa shape index (κ2) is 9.83. The van der Waals surface area contributed by atoms with Gasteiger partial charge in [-0.3, -0.25) is 14.2 Å². The number of anilines is 1. The summed E-state index contributed by atoms with van der Waals surface area (Å²) in [7, 11) is 0. The van der Waals surface area contributed by atoms with Crippen LogP contribution < -0.4 is 16.6 Å². The van der Waals surface area contributed by atoms with Crippen LogP contribution in [0.3, 0.4) is 0 Å². The summed E-state index contributed by atoms with van der Waals surface area (Å²) in [5, 5.41) is 6.13. The van der Waals surface area contributed by atoms with Crippen molar-refractivity contribution in [1.82, 2.24) is 43.8 Å². The van der Waals surface area contributed by atoms with Gasteiger partial charge in [-0.25, -0.2) is 29.3 Å². The van der Waals surface area contributed by atoms with E-state index in [4.69, 9.17) is 8.64 Å². The summed E-state index contributed by atoms with van der Waals surface area (Å²) in [5.41, 5.74) is -2.70. The van der Waals surface area contributed by atoms with Crippen molar-refractivity contribution in [2.45, 2.75) is 32.6 Å². The van der Waals surface area contributed by atoms with E-state index in [1.807, 2.05) is 0 Å². The number of carbonyl (C=O) groups excluding carboxylic acids is 1. The van der Waals surface area contributed by atoms with Crippen LogP contribution in [0, 0.1) is 6.92 Å². The van der Waals surface area contributed by atoms with Crippen molar-refractivity contribution in [3.63, 3.8) is 0 Å². The molecule has 0 spiro atoms. The summed E-state index contributed by atoms with van der Waals surface area (Å²) < 4.78 is 69.0. The Morgan fingerprint density at radius 1 is 1.18 bits per heavy atom. The van der Waals surface area contributed by atoms with Crippen LogP contribution in [0.5, 0.6) is 0 Å². The van der Waals surface area contributed by atoms with Crippen LogP contribution in [-0.4, -0.2) is 49.7 Å². The molecule has 0 aliphatic heterocycles. The predicted molar refractivity (Wildman–Crippen MR) is 131 cm³/mol. The summed E-state index contributed by atoms with van der Waals surface area (Å²) >= 11 is 0. The lowest BCUT2D eigenvalue weighted by atomic mass is 10.2. The first-order valence-corrected chi connectivity index (χ1v) is 11.3. The summed E-state index contributed by atoms with van der Waals surface area (Å²) in [6, 6.07) is 3.17. The Kier molecular flexibility index (Phi) is 5.58. The number of nitrogens with one attached hydrogen (secondary N) is 1. The average molecular weight is 559 g/mol. The molecule has 5 aromatic rings. The standard InChI is InChI=1S/C23H19F3N10O4/c1-11(19(37)32-15-6-4-5-14(31-15)13-7-27-21(28-8-13)23(24,25)26)36-10-29-18-17(36)20(38)35(22(39)34(18)3)9-16-30-12(2)33-40-16/h4-8,10-11H,9H2,1-3H3,(H,31,32,37)/i3D3. The van der Waals surface area contributed by atoms with E-state index in [2.05, 4.69) is 35.4 Å². The Morgan fingerprint density at radius 3 is 2.58 bits per heavy atom. The van der Waals surface area contributed by atoms with Gasteiger partial charge in [0.15, 0.2) is 17.0 Å². The van der Waals surface area contributed by atoms with Crippen LogP contribution in [0.15, 0.2) is 51.0 Å². The first-order chi connectivity index (χ1) is 20.1. The van der Waals surface area contributed by atoms with Crippen molar-refractivity contribution in [3.05, 3.63) is 75.3 Å². The zero-order chi connectivity index (χ0) is 31.3. The molecule has 5 heterocycles. The molecule has 0 aliphatic carbocycles. The number of hydrogen-bond donors (Lipinski definition) is 1. The van der Waals surface area contributed by atoms with Gasteiger partial charge >= 0.3 is 11.9 Å². The first-order valence-electron chi connectivity index (χ1n) is 12.8. The van der Waals surface area contributed by atoms with Gasteiger partial charge in [0, 0.05) is 29.0 Å². The fraction of sp³-hybridized carbons (Fsp3) is 0.261. The number of hydrogen-bond acceptors (Lipinski definition) is 10. The van der Waals surface area contributed by atoms with Crippen LogP contribution in [-0.2, 0) is 24.5 Å². The second-order valence-corrected chi connectivity index (χ2v) is 8.44. The summed E-state index contributed by atoms with van der Waals surface area (Å²) in [6.45, 7) is -0.690. The van der Waals surface area contributed by atoms with E-state index in [0.717, 1.165) is 23.3 Å². The highest BCUT2D eigenvalue weighted by molar-refractivity contribution is 5.93. The Morgan fingerprint density at radius 2 is 1.93 bits per heavy atom. The number of rotatable bonds is 6. The maximum atomic E-state index is 13.5. The topological polar surface area (TPSA) is 169 Å². The van der Waals surface area contributed by atoms with Crippen molar-refractivity contribution in [1.29, 1.82) is 0 Å². The monoisotopic (exact) mass is 559 g/mol. The maximum Gasteiger partial charge on any atom is 0.451 e. The van der Waals surface area contributed by atoms with Crippen molar-refractivity contribution < 1.29 is 26.6 Å². The molecule has 0 bridgehead atoms. The maximum absolute atomic E-state index is 13.5. The third-order valence-corrected chi connectivity index (χ3v) is 5.72. The smallest absolute Gasteiger partial charge is 0.337 e. The van der Waals surface area contributed by atoms with E-state index in [0.29, 0.717) is 9.13 Å². The third kappa shape index (κ3) is 4.83. The summed E-state index contributed by atoms with van der Waals surface area (Å²) in [4.78, 5) is 58.5. The Hall–Kier alpha value is -5.22. The van der Waals surface area contributed by atoms with Crippen molar-refractivity contribution in [3.8, 4) is 11.3 Å². The van der Waals surface area contributed by atoms with Crippen LogP contribution in [0.2, 0.25) is 0 Å². The quantitative estimate of drug-likeness (QED) is 0.323.